The van der Waals surface area contributed by atoms with Crippen LogP contribution in [0.4, 0.5) is 10.1 Å². The fourth-order valence-electron chi connectivity index (χ4n) is 1.55. The van der Waals surface area contributed by atoms with Gasteiger partial charge in [0, 0.05) is 18.1 Å². The zero-order valence-electron chi connectivity index (χ0n) is 10.7. The van der Waals surface area contributed by atoms with E-state index in [4.69, 9.17) is 0 Å². The molecule has 1 rings (SSSR count). The normalized spacial score (nSPS) is 13.5. The second-order valence-corrected chi connectivity index (χ2v) is 5.38. The van der Waals surface area contributed by atoms with Crippen molar-refractivity contribution < 1.29 is 9.31 Å². The first-order valence-corrected chi connectivity index (χ1v) is 5.61. The third-order valence-electron chi connectivity index (χ3n) is 2.82. The van der Waals surface area contributed by atoms with Gasteiger partial charge < -0.3 is 0 Å². The lowest BCUT2D eigenvalue weighted by Crippen LogP contribution is -2.12. The van der Waals surface area contributed by atoms with Crippen LogP contribution in [0.25, 0.3) is 0 Å². The quantitative estimate of drug-likeness (QED) is 0.591. The van der Waals surface area contributed by atoms with Gasteiger partial charge in [-0.25, -0.2) is 0 Å². The molecule has 0 aliphatic rings. The number of halogens is 1. The van der Waals surface area contributed by atoms with Crippen LogP contribution in [0.2, 0.25) is 0 Å². The predicted molar refractivity (Wildman–Crippen MR) is 66.2 cm³/mol. The Bertz CT molecular complexity index is 424. The molecule has 1 unspecified atom stereocenters. The summed E-state index contributed by atoms with van der Waals surface area (Å²) in [6.45, 7) is 7.16. The highest BCUT2D eigenvalue weighted by Gasteiger charge is 2.20. The minimum absolute atomic E-state index is 0.0349. The van der Waals surface area contributed by atoms with Gasteiger partial charge in [-0.15, -0.1) is 0 Å². The van der Waals surface area contributed by atoms with Gasteiger partial charge in [0.1, 0.15) is 0 Å². The highest BCUT2D eigenvalue weighted by atomic mass is 19.1. The Morgan fingerprint density at radius 1 is 1.35 bits per heavy atom. The van der Waals surface area contributed by atoms with E-state index in [1.807, 2.05) is 26.8 Å². The lowest BCUT2D eigenvalue weighted by atomic mass is 9.84. The van der Waals surface area contributed by atoms with Crippen LogP contribution >= 0.6 is 0 Å². The van der Waals surface area contributed by atoms with Gasteiger partial charge in [-0.2, -0.15) is 0 Å². The zero-order valence-corrected chi connectivity index (χ0v) is 10.7. The van der Waals surface area contributed by atoms with Crippen molar-refractivity contribution in [2.75, 3.05) is 6.67 Å². The molecule has 4 heteroatoms. The maximum absolute atomic E-state index is 12.7. The van der Waals surface area contributed by atoms with Crippen molar-refractivity contribution in [1.82, 2.24) is 0 Å². The molecule has 1 aromatic carbocycles. The van der Waals surface area contributed by atoms with E-state index >= 15 is 0 Å². The van der Waals surface area contributed by atoms with Crippen LogP contribution in [-0.4, -0.2) is 11.6 Å². The van der Waals surface area contributed by atoms with Crippen LogP contribution < -0.4 is 0 Å². The summed E-state index contributed by atoms with van der Waals surface area (Å²) >= 11 is 0. The van der Waals surface area contributed by atoms with Crippen molar-refractivity contribution in [3.63, 3.8) is 0 Å². The van der Waals surface area contributed by atoms with E-state index in [0.29, 0.717) is 5.56 Å². The van der Waals surface area contributed by atoms with Crippen LogP contribution in [0.5, 0.6) is 0 Å². The van der Waals surface area contributed by atoms with Gasteiger partial charge in [-0.1, -0.05) is 33.8 Å². The molecule has 0 aliphatic carbocycles. The molecular weight excluding hydrogens is 221 g/mol. The van der Waals surface area contributed by atoms with E-state index in [2.05, 4.69) is 0 Å². The minimum atomic E-state index is -0.509. The van der Waals surface area contributed by atoms with E-state index < -0.39 is 11.6 Å². The summed E-state index contributed by atoms with van der Waals surface area (Å²) in [5, 5.41) is 10.9. The van der Waals surface area contributed by atoms with Crippen molar-refractivity contribution in [2.45, 2.75) is 39.0 Å². The van der Waals surface area contributed by atoms with Gasteiger partial charge in [0.25, 0.3) is 5.69 Å². The molecule has 0 aromatic heterocycles. The summed E-state index contributed by atoms with van der Waals surface area (Å²) in [5.74, 6) is -0.309. The number of nitrogens with zero attached hydrogens (tertiary/aromatic N) is 1. The first-order chi connectivity index (χ1) is 7.75. The third-order valence-corrected chi connectivity index (χ3v) is 2.82. The summed E-state index contributed by atoms with van der Waals surface area (Å²) in [6.07, 6.45) is 0. The second-order valence-electron chi connectivity index (χ2n) is 5.38. The SMILES string of the molecule is CC(CF)c1cc([N+](=O)[O-])cc(C(C)(C)C)c1. The number of alkyl halides is 1. The van der Waals surface area contributed by atoms with Crippen molar-refractivity contribution in [1.29, 1.82) is 0 Å². The van der Waals surface area contributed by atoms with E-state index in [-0.39, 0.29) is 17.0 Å². The van der Waals surface area contributed by atoms with Gasteiger partial charge in [0.05, 0.1) is 11.6 Å². The van der Waals surface area contributed by atoms with Crippen LogP contribution in [0, 0.1) is 10.1 Å². The molecule has 1 aromatic rings. The first kappa shape index (κ1) is 13.6. The minimum Gasteiger partial charge on any atom is -0.258 e. The lowest BCUT2D eigenvalue weighted by Gasteiger charge is -2.20. The van der Waals surface area contributed by atoms with Crippen molar-refractivity contribution in [3.8, 4) is 0 Å². The molecule has 0 saturated heterocycles. The maximum atomic E-state index is 12.7. The predicted octanol–water partition coefficient (Wildman–Crippen LogP) is 3.97. The Balaban J connectivity index is 3.34. The van der Waals surface area contributed by atoms with Crippen molar-refractivity contribution in [2.24, 2.45) is 0 Å². The molecule has 0 heterocycles. The van der Waals surface area contributed by atoms with Gasteiger partial charge in [0.15, 0.2) is 0 Å². The van der Waals surface area contributed by atoms with E-state index in [1.165, 1.54) is 6.07 Å². The van der Waals surface area contributed by atoms with Gasteiger partial charge in [-0.05, 0) is 16.5 Å². The summed E-state index contributed by atoms with van der Waals surface area (Å²) in [6, 6.07) is 4.88. The molecule has 0 amide bonds. The molecule has 17 heavy (non-hydrogen) atoms. The standard InChI is InChI=1S/C13H18FNO2/c1-9(8-14)10-5-11(13(2,3)4)7-12(6-10)15(16)17/h5-7,9H,8H2,1-4H3. The topological polar surface area (TPSA) is 43.1 Å². The Morgan fingerprint density at radius 3 is 2.35 bits per heavy atom. The molecule has 0 spiro atoms. The van der Waals surface area contributed by atoms with E-state index in [0.717, 1.165) is 5.56 Å². The molecular formula is C13H18FNO2. The summed E-state index contributed by atoms with van der Waals surface area (Å²) in [5.41, 5.74) is 1.40. The largest absolute Gasteiger partial charge is 0.270 e. The average Bonchev–Trinajstić information content (AvgIpc) is 2.26. The first-order valence-electron chi connectivity index (χ1n) is 5.61. The number of nitro groups is 1. The maximum Gasteiger partial charge on any atom is 0.270 e. The number of nitro benzene ring substituents is 1. The average molecular weight is 239 g/mol. The summed E-state index contributed by atoms with van der Waals surface area (Å²) < 4.78 is 12.7. The monoisotopic (exact) mass is 239 g/mol. The van der Waals surface area contributed by atoms with Crippen LogP contribution in [0.3, 0.4) is 0 Å². The van der Waals surface area contributed by atoms with Crippen LogP contribution in [-0.2, 0) is 5.41 Å². The number of hydrogen-bond acceptors (Lipinski definition) is 2. The second kappa shape index (κ2) is 4.82. The number of benzene rings is 1. The third kappa shape index (κ3) is 3.25. The lowest BCUT2D eigenvalue weighted by molar-refractivity contribution is -0.385. The number of hydrogen-bond donors (Lipinski definition) is 0. The molecule has 3 nitrogen and oxygen atoms in total. The highest BCUT2D eigenvalue weighted by molar-refractivity contribution is 5.43. The molecule has 94 valence electrons. The Morgan fingerprint density at radius 2 is 1.94 bits per heavy atom. The summed E-state index contributed by atoms with van der Waals surface area (Å²) in [4.78, 5) is 10.4. The van der Waals surface area contributed by atoms with E-state index in [9.17, 15) is 14.5 Å². The van der Waals surface area contributed by atoms with Gasteiger partial charge in [0.2, 0.25) is 0 Å². The van der Waals surface area contributed by atoms with Gasteiger partial charge >= 0.3 is 0 Å². The fourth-order valence-corrected chi connectivity index (χ4v) is 1.55. The van der Waals surface area contributed by atoms with Gasteiger partial charge in [-0.3, -0.25) is 14.5 Å². The highest BCUT2D eigenvalue weighted by Crippen LogP contribution is 2.30. The zero-order chi connectivity index (χ0) is 13.2. The molecule has 1 atom stereocenters. The molecule has 0 bridgehead atoms. The summed E-state index contributed by atoms with van der Waals surface area (Å²) in [7, 11) is 0. The molecule has 0 radical (unpaired) electrons. The Kier molecular flexibility index (Phi) is 3.86. The Labute approximate surface area is 101 Å². The number of rotatable bonds is 3. The molecule has 0 aliphatic heterocycles. The fraction of sp³-hybridized carbons (Fsp3) is 0.538. The van der Waals surface area contributed by atoms with Crippen LogP contribution in [0.1, 0.15) is 44.7 Å². The number of non-ortho nitro benzene ring substituents is 1. The smallest absolute Gasteiger partial charge is 0.258 e. The van der Waals surface area contributed by atoms with Crippen molar-refractivity contribution >= 4 is 5.69 Å². The molecule has 0 N–H and O–H groups in total. The molecule has 0 saturated carbocycles. The van der Waals surface area contributed by atoms with E-state index in [1.54, 1.807) is 13.0 Å². The van der Waals surface area contributed by atoms with Crippen molar-refractivity contribution in [3.05, 3.63) is 39.4 Å². The molecule has 0 fully saturated rings. The Hall–Kier alpha value is -1.45. The van der Waals surface area contributed by atoms with Crippen LogP contribution in [0.15, 0.2) is 18.2 Å².